The zero-order valence-electron chi connectivity index (χ0n) is 34.0. The van der Waals surface area contributed by atoms with Gasteiger partial charge >= 0.3 is 43.3 Å². The molecule has 0 saturated carbocycles. The lowest BCUT2D eigenvalue weighted by Crippen LogP contribution is -2.64. The molecular weight excluding hydrogens is 749 g/mol. The second-order valence-electron chi connectivity index (χ2n) is 14.4. The smallest absolute Gasteiger partial charge is 0.436 e. The fraction of sp³-hybridized carbons (Fsp3) is 1.00. The van der Waals surface area contributed by atoms with E-state index in [4.69, 9.17) is 43.0 Å². The maximum Gasteiger partial charge on any atom is 0.502 e. The van der Waals surface area contributed by atoms with Crippen molar-refractivity contribution >= 4 is 69.6 Å². The molecule has 48 heavy (non-hydrogen) atoms. The summed E-state index contributed by atoms with van der Waals surface area (Å²) < 4.78 is 64.5. The van der Waals surface area contributed by atoms with Crippen molar-refractivity contribution in [1.82, 2.24) is 9.88 Å². The molecule has 0 aromatic heterocycles. The summed E-state index contributed by atoms with van der Waals surface area (Å²) in [7, 11) is -6.58. The van der Waals surface area contributed by atoms with Gasteiger partial charge in [-0.15, -0.1) is 0 Å². The van der Waals surface area contributed by atoms with Gasteiger partial charge in [0.15, 0.2) is 8.32 Å². The molecule has 0 aliphatic carbocycles. The summed E-state index contributed by atoms with van der Waals surface area (Å²) in [6.07, 6.45) is 1.98. The SMILES string of the molecule is CCN(CC)[Si](C)(CC(C)[Si](OC)(OC)OC)O[Si](C)(C)O[Si](C)(C)O[Si](C)(C)O[Si](C)(C)CC[Si]CNCCC[Si](OC)(OC)OC. The van der Waals surface area contributed by atoms with Gasteiger partial charge in [-0.3, -0.25) is 0 Å². The molecule has 0 aromatic carbocycles. The van der Waals surface area contributed by atoms with Crippen LogP contribution in [0.3, 0.4) is 0 Å². The molecule has 0 fully saturated rings. The number of nitrogens with zero attached hydrogens (tertiary/aromatic N) is 1. The fourth-order valence-electron chi connectivity index (χ4n) is 6.81. The van der Waals surface area contributed by atoms with Gasteiger partial charge < -0.3 is 52.9 Å². The summed E-state index contributed by atoms with van der Waals surface area (Å²) in [4.78, 5) is 0. The van der Waals surface area contributed by atoms with E-state index in [2.05, 4.69) is 89.6 Å². The van der Waals surface area contributed by atoms with Crippen molar-refractivity contribution in [3.05, 3.63) is 0 Å². The van der Waals surface area contributed by atoms with Crippen LogP contribution in [0.15, 0.2) is 0 Å². The van der Waals surface area contributed by atoms with E-state index >= 15 is 0 Å². The third-order valence-corrected chi connectivity index (χ3v) is 37.0. The Balaban J connectivity index is 5.27. The second-order valence-corrected chi connectivity index (χ2v) is 41.3. The monoisotopic (exact) mass is 822 g/mol. The van der Waals surface area contributed by atoms with Gasteiger partial charge in [0.1, 0.15) is 0 Å². The van der Waals surface area contributed by atoms with E-state index in [0.717, 1.165) is 65.9 Å². The normalized spacial score (nSPS) is 16.1. The van der Waals surface area contributed by atoms with Gasteiger partial charge in [0.05, 0.1) is 9.52 Å². The zero-order valence-corrected chi connectivity index (χ0v) is 42.0. The summed E-state index contributed by atoms with van der Waals surface area (Å²) in [5, 5.41) is 3.56. The van der Waals surface area contributed by atoms with Gasteiger partial charge in [0, 0.05) is 54.2 Å². The van der Waals surface area contributed by atoms with Crippen LogP contribution in [0.25, 0.3) is 0 Å². The summed E-state index contributed by atoms with van der Waals surface area (Å²) >= 11 is 0. The molecule has 0 aliphatic heterocycles. The van der Waals surface area contributed by atoms with Gasteiger partial charge in [0.2, 0.25) is 0 Å². The molecule has 0 spiro atoms. The largest absolute Gasteiger partial charge is 0.502 e. The topological polar surface area (TPSA) is 108 Å². The van der Waals surface area contributed by atoms with Gasteiger partial charge in [0.25, 0.3) is 8.48 Å². The average molecular weight is 824 g/mol. The first-order valence-electron chi connectivity index (χ1n) is 17.3. The molecule has 0 heterocycles. The quantitative estimate of drug-likeness (QED) is 0.0709. The minimum atomic E-state index is -2.84. The summed E-state index contributed by atoms with van der Waals surface area (Å²) in [6.45, 7) is 29.1. The molecule has 0 aliphatic rings. The lowest BCUT2D eigenvalue weighted by atomic mass is 10.5. The molecule has 2 atom stereocenters. The van der Waals surface area contributed by atoms with Crippen molar-refractivity contribution in [3.8, 4) is 0 Å². The van der Waals surface area contributed by atoms with Crippen LogP contribution < -0.4 is 5.32 Å². The Morgan fingerprint density at radius 1 is 0.625 bits per heavy atom. The Morgan fingerprint density at radius 2 is 1.08 bits per heavy atom. The molecule has 2 unspecified atom stereocenters. The van der Waals surface area contributed by atoms with Gasteiger partial charge in [-0.05, 0) is 103 Å². The first-order valence-corrected chi connectivity index (χ1v) is 36.6. The standard InChI is InChI=1S/C28H74N2O10Si8/c1-19-30(20-2)46(18,26-28(3)48(34-7,35-8)36-9)40-45(16,17)39-44(14,15)38-43(12,13)37-42(10,11)25-23-41-27-29-22-21-24-47(31-4,32-5)33-6/h28-29H,19-27H2,1-18H3. The molecule has 1 N–H and O–H groups in total. The van der Waals surface area contributed by atoms with E-state index in [9.17, 15) is 0 Å². The van der Waals surface area contributed by atoms with Crippen molar-refractivity contribution in [1.29, 1.82) is 0 Å². The molecule has 0 bridgehead atoms. The van der Waals surface area contributed by atoms with Crippen LogP contribution in [0, 0.1) is 0 Å². The van der Waals surface area contributed by atoms with Crippen LogP contribution in [0.5, 0.6) is 0 Å². The van der Waals surface area contributed by atoms with Crippen LogP contribution in [0.1, 0.15) is 27.2 Å². The summed E-state index contributed by atoms with van der Waals surface area (Å²) in [6, 6.07) is 3.88. The lowest BCUT2D eigenvalue weighted by Gasteiger charge is -2.47. The Hall–Kier alpha value is 1.26. The maximum atomic E-state index is 7.21. The summed E-state index contributed by atoms with van der Waals surface area (Å²) in [5.74, 6) is 0. The number of rotatable bonds is 29. The fourth-order valence-corrected chi connectivity index (χ4v) is 40.7. The number of nitrogens with one attached hydrogen (secondary N) is 1. The van der Waals surface area contributed by atoms with Crippen LogP contribution in [-0.4, -0.2) is 143 Å². The van der Waals surface area contributed by atoms with E-state index in [0.29, 0.717) is 0 Å². The summed E-state index contributed by atoms with van der Waals surface area (Å²) in [5.41, 5.74) is 0.0684. The van der Waals surface area contributed by atoms with Crippen molar-refractivity contribution in [2.45, 2.75) is 116 Å². The Bertz CT molecular complexity index is 869. The second kappa shape index (κ2) is 21.8. The Morgan fingerprint density at radius 3 is 1.52 bits per heavy atom. The van der Waals surface area contributed by atoms with Crippen LogP contribution in [-0.2, 0) is 43.0 Å². The molecule has 0 saturated heterocycles. The molecule has 0 aromatic rings. The van der Waals surface area contributed by atoms with E-state index in [1.165, 1.54) is 0 Å². The third-order valence-electron chi connectivity index (χ3n) is 8.47. The highest BCUT2D eigenvalue weighted by Gasteiger charge is 2.53. The van der Waals surface area contributed by atoms with E-state index in [-0.39, 0.29) is 5.54 Å². The van der Waals surface area contributed by atoms with Crippen molar-refractivity contribution in [2.75, 3.05) is 68.5 Å². The van der Waals surface area contributed by atoms with Crippen LogP contribution in [0.2, 0.25) is 88.6 Å². The molecule has 0 amide bonds. The average Bonchev–Trinajstić information content (AvgIpc) is 2.96. The number of hydrogen-bond acceptors (Lipinski definition) is 12. The minimum absolute atomic E-state index is 0.0684. The van der Waals surface area contributed by atoms with Gasteiger partial charge in [-0.25, -0.2) is 0 Å². The molecule has 20 heteroatoms. The maximum absolute atomic E-state index is 7.21. The first-order chi connectivity index (χ1) is 22.0. The molecular formula is C28H74N2O10Si8. The predicted octanol–water partition coefficient (Wildman–Crippen LogP) is 5.98. The van der Waals surface area contributed by atoms with Crippen molar-refractivity contribution < 1.29 is 43.0 Å². The van der Waals surface area contributed by atoms with Crippen molar-refractivity contribution in [2.24, 2.45) is 0 Å². The highest BCUT2D eigenvalue weighted by Crippen LogP contribution is 2.36. The Labute approximate surface area is 305 Å². The highest BCUT2D eigenvalue weighted by molar-refractivity contribution is 6.90. The van der Waals surface area contributed by atoms with Gasteiger partial charge in [-0.2, -0.15) is 0 Å². The first kappa shape index (κ1) is 49.3. The molecule has 0 rings (SSSR count). The zero-order chi connectivity index (χ0) is 37.5. The number of hydrogen-bond donors (Lipinski definition) is 1. The third kappa shape index (κ3) is 16.9. The highest BCUT2D eigenvalue weighted by atomic mass is 28.5. The van der Waals surface area contributed by atoms with Gasteiger partial charge in [-0.1, -0.05) is 26.8 Å². The molecule has 12 nitrogen and oxygen atoms in total. The van der Waals surface area contributed by atoms with E-state index in [1.807, 2.05) is 0 Å². The van der Waals surface area contributed by atoms with E-state index < -0.39 is 60.1 Å². The molecule has 2 radical (unpaired) electrons. The van der Waals surface area contributed by atoms with Crippen LogP contribution in [0.4, 0.5) is 0 Å². The van der Waals surface area contributed by atoms with Crippen molar-refractivity contribution in [3.63, 3.8) is 0 Å². The van der Waals surface area contributed by atoms with E-state index in [1.54, 1.807) is 42.7 Å². The lowest BCUT2D eigenvalue weighted by molar-refractivity contribution is 0.114. The Kier molecular flexibility index (Phi) is 22.4. The predicted molar refractivity (Wildman–Crippen MR) is 214 cm³/mol. The van der Waals surface area contributed by atoms with Crippen LogP contribution >= 0.6 is 0 Å². The minimum Gasteiger partial charge on any atom is -0.436 e. The molecule has 288 valence electrons.